The largest absolute Gasteiger partial charge is 0.399 e. The smallest absolute Gasteiger partial charge is 0.326 e. The van der Waals surface area contributed by atoms with E-state index in [2.05, 4.69) is 4.98 Å². The molecule has 0 radical (unpaired) electrons. The summed E-state index contributed by atoms with van der Waals surface area (Å²) in [6, 6.07) is 5.44. The lowest BCUT2D eigenvalue weighted by Crippen LogP contribution is -2.18. The van der Waals surface area contributed by atoms with Crippen LogP contribution < -0.4 is 11.4 Å². The first-order chi connectivity index (χ1) is 8.58. The third kappa shape index (κ3) is 2.73. The molecule has 18 heavy (non-hydrogen) atoms. The van der Waals surface area contributed by atoms with Crippen LogP contribution in [-0.4, -0.2) is 22.3 Å². The highest BCUT2D eigenvalue weighted by molar-refractivity contribution is 5.78. The number of hydrogen-bond acceptors (Lipinski definition) is 3. The van der Waals surface area contributed by atoms with Crippen molar-refractivity contribution in [3.8, 4) is 0 Å². The van der Waals surface area contributed by atoms with E-state index in [1.54, 1.807) is 16.7 Å². The second kappa shape index (κ2) is 5.27. The van der Waals surface area contributed by atoms with Crippen LogP contribution in [0.25, 0.3) is 11.0 Å². The normalized spacial score (nSPS) is 11.5. The molecule has 0 atom stereocenters. The number of rotatable bonds is 5. The minimum absolute atomic E-state index is 0.0971. The molecule has 0 aliphatic heterocycles. The molecule has 0 amide bonds. The molecule has 0 unspecified atom stereocenters. The molecule has 1 heterocycles. The zero-order chi connectivity index (χ0) is 13.1. The van der Waals surface area contributed by atoms with E-state index in [0.29, 0.717) is 18.8 Å². The highest BCUT2D eigenvalue weighted by Gasteiger charge is 2.06. The van der Waals surface area contributed by atoms with E-state index in [9.17, 15) is 4.79 Å². The third-order valence-electron chi connectivity index (χ3n) is 2.78. The molecule has 0 aliphatic carbocycles. The van der Waals surface area contributed by atoms with Crippen molar-refractivity contribution in [2.24, 2.45) is 0 Å². The molecule has 1 aromatic heterocycles. The Labute approximate surface area is 106 Å². The van der Waals surface area contributed by atoms with Crippen molar-refractivity contribution in [2.45, 2.75) is 32.9 Å². The Morgan fingerprint density at radius 1 is 1.44 bits per heavy atom. The average Bonchev–Trinajstić information content (AvgIpc) is 2.59. The summed E-state index contributed by atoms with van der Waals surface area (Å²) in [6.07, 6.45) is 1.04. The Hall–Kier alpha value is -1.75. The predicted octanol–water partition coefficient (Wildman–Crippen LogP) is 1.73. The molecular formula is C13H19N3O2. The SMILES string of the molecule is CC(C)OCCCn1c(=O)[nH]c2cc(N)ccc21. The van der Waals surface area contributed by atoms with Crippen molar-refractivity contribution in [3.05, 3.63) is 28.7 Å². The number of aryl methyl sites for hydroxylation is 1. The van der Waals surface area contributed by atoms with E-state index < -0.39 is 0 Å². The van der Waals surface area contributed by atoms with Crippen LogP contribution in [0.15, 0.2) is 23.0 Å². The molecule has 98 valence electrons. The van der Waals surface area contributed by atoms with Gasteiger partial charge >= 0.3 is 5.69 Å². The fraction of sp³-hybridized carbons (Fsp3) is 0.462. The molecule has 0 saturated carbocycles. The van der Waals surface area contributed by atoms with Gasteiger partial charge in [-0.2, -0.15) is 0 Å². The van der Waals surface area contributed by atoms with Crippen molar-refractivity contribution < 1.29 is 4.74 Å². The number of benzene rings is 1. The number of fused-ring (bicyclic) bond motifs is 1. The summed E-state index contributed by atoms with van der Waals surface area (Å²) in [7, 11) is 0. The fourth-order valence-corrected chi connectivity index (χ4v) is 1.94. The summed E-state index contributed by atoms with van der Waals surface area (Å²) in [5, 5.41) is 0. The van der Waals surface area contributed by atoms with Crippen LogP contribution in [-0.2, 0) is 11.3 Å². The number of nitrogens with one attached hydrogen (secondary N) is 1. The first-order valence-electron chi connectivity index (χ1n) is 6.17. The second-order valence-electron chi connectivity index (χ2n) is 4.63. The maximum absolute atomic E-state index is 11.8. The molecule has 0 bridgehead atoms. The molecule has 0 aliphatic rings. The zero-order valence-corrected chi connectivity index (χ0v) is 10.8. The van der Waals surface area contributed by atoms with E-state index in [0.717, 1.165) is 17.5 Å². The summed E-state index contributed by atoms with van der Waals surface area (Å²) >= 11 is 0. The molecule has 3 N–H and O–H groups in total. The van der Waals surface area contributed by atoms with E-state index in [1.165, 1.54) is 0 Å². The monoisotopic (exact) mass is 249 g/mol. The van der Waals surface area contributed by atoms with Crippen LogP contribution in [0.4, 0.5) is 5.69 Å². The maximum atomic E-state index is 11.8. The maximum Gasteiger partial charge on any atom is 0.326 e. The summed E-state index contributed by atoms with van der Waals surface area (Å²) in [6.45, 7) is 5.31. The molecule has 2 aromatic rings. The van der Waals surface area contributed by atoms with Crippen LogP contribution >= 0.6 is 0 Å². The van der Waals surface area contributed by atoms with Gasteiger partial charge in [0.15, 0.2) is 0 Å². The number of hydrogen-bond donors (Lipinski definition) is 2. The van der Waals surface area contributed by atoms with Gasteiger partial charge < -0.3 is 15.5 Å². The van der Waals surface area contributed by atoms with Gasteiger partial charge in [-0.1, -0.05) is 0 Å². The molecule has 5 heteroatoms. The van der Waals surface area contributed by atoms with Gasteiger partial charge in [0.25, 0.3) is 0 Å². The van der Waals surface area contributed by atoms with Crippen molar-refractivity contribution in [2.75, 3.05) is 12.3 Å². The van der Waals surface area contributed by atoms with E-state index in [4.69, 9.17) is 10.5 Å². The number of imidazole rings is 1. The lowest BCUT2D eigenvalue weighted by atomic mass is 10.3. The van der Waals surface area contributed by atoms with E-state index in [1.807, 2.05) is 19.9 Å². The number of nitrogens with zero attached hydrogens (tertiary/aromatic N) is 1. The molecule has 0 fully saturated rings. The summed E-state index contributed by atoms with van der Waals surface area (Å²) < 4.78 is 7.19. The lowest BCUT2D eigenvalue weighted by Gasteiger charge is -2.07. The van der Waals surface area contributed by atoms with Gasteiger partial charge in [-0.25, -0.2) is 4.79 Å². The quantitative estimate of drug-likeness (QED) is 0.626. The Balaban J connectivity index is 2.13. The van der Waals surface area contributed by atoms with Crippen molar-refractivity contribution >= 4 is 16.7 Å². The molecule has 0 saturated heterocycles. The van der Waals surface area contributed by atoms with Crippen LogP contribution in [0, 0.1) is 0 Å². The van der Waals surface area contributed by atoms with Crippen molar-refractivity contribution in [3.63, 3.8) is 0 Å². The first kappa shape index (κ1) is 12.7. The number of nitrogen functional groups attached to an aromatic ring is 1. The Morgan fingerprint density at radius 2 is 2.22 bits per heavy atom. The minimum Gasteiger partial charge on any atom is -0.399 e. The second-order valence-corrected chi connectivity index (χ2v) is 4.63. The molecule has 5 nitrogen and oxygen atoms in total. The number of H-pyrrole nitrogens is 1. The Morgan fingerprint density at radius 3 is 2.94 bits per heavy atom. The standard InChI is InChI=1S/C13H19N3O2/c1-9(2)18-7-3-6-16-12-5-4-10(14)8-11(12)15-13(16)17/h4-5,8-9H,3,6-7,14H2,1-2H3,(H,15,17). The van der Waals surface area contributed by atoms with Gasteiger partial charge in [-0.15, -0.1) is 0 Å². The summed E-state index contributed by atoms with van der Waals surface area (Å²) in [5.41, 5.74) is 7.91. The Kier molecular flexibility index (Phi) is 3.72. The van der Waals surface area contributed by atoms with Crippen molar-refractivity contribution in [1.29, 1.82) is 0 Å². The lowest BCUT2D eigenvalue weighted by molar-refractivity contribution is 0.0749. The predicted molar refractivity (Wildman–Crippen MR) is 72.7 cm³/mol. The minimum atomic E-state index is -0.0971. The van der Waals surface area contributed by atoms with Gasteiger partial charge in [0.1, 0.15) is 0 Å². The topological polar surface area (TPSA) is 73.0 Å². The molecule has 0 spiro atoms. The third-order valence-corrected chi connectivity index (χ3v) is 2.78. The number of aromatic nitrogens is 2. The van der Waals surface area contributed by atoms with Gasteiger partial charge in [0.05, 0.1) is 17.1 Å². The van der Waals surface area contributed by atoms with Gasteiger partial charge in [-0.05, 0) is 38.5 Å². The summed E-state index contributed by atoms with van der Waals surface area (Å²) in [5.74, 6) is 0. The van der Waals surface area contributed by atoms with E-state index in [-0.39, 0.29) is 11.8 Å². The fourth-order valence-electron chi connectivity index (χ4n) is 1.94. The van der Waals surface area contributed by atoms with Crippen LogP contribution in [0.1, 0.15) is 20.3 Å². The highest BCUT2D eigenvalue weighted by Crippen LogP contribution is 2.14. The molecular weight excluding hydrogens is 230 g/mol. The number of ether oxygens (including phenoxy) is 1. The first-order valence-corrected chi connectivity index (χ1v) is 6.17. The van der Waals surface area contributed by atoms with Gasteiger partial charge in [0.2, 0.25) is 0 Å². The van der Waals surface area contributed by atoms with Crippen LogP contribution in [0.3, 0.4) is 0 Å². The number of aromatic amines is 1. The zero-order valence-electron chi connectivity index (χ0n) is 10.8. The number of nitrogens with two attached hydrogens (primary N) is 1. The van der Waals surface area contributed by atoms with Crippen LogP contribution in [0.2, 0.25) is 0 Å². The van der Waals surface area contributed by atoms with Crippen molar-refractivity contribution in [1.82, 2.24) is 9.55 Å². The number of anilines is 1. The Bertz CT molecular complexity index is 583. The summed E-state index contributed by atoms with van der Waals surface area (Å²) in [4.78, 5) is 14.6. The molecule has 2 rings (SSSR count). The van der Waals surface area contributed by atoms with Gasteiger partial charge in [-0.3, -0.25) is 4.57 Å². The van der Waals surface area contributed by atoms with Crippen LogP contribution in [0.5, 0.6) is 0 Å². The molecule has 1 aromatic carbocycles. The van der Waals surface area contributed by atoms with E-state index >= 15 is 0 Å². The van der Waals surface area contributed by atoms with Gasteiger partial charge in [0, 0.05) is 18.8 Å². The average molecular weight is 249 g/mol. The highest BCUT2D eigenvalue weighted by atomic mass is 16.5.